The molecule has 6 nitrogen and oxygen atoms in total. The maximum absolute atomic E-state index is 12.3. The predicted molar refractivity (Wildman–Crippen MR) is 84.5 cm³/mol. The zero-order valence-electron chi connectivity index (χ0n) is 11.9. The molecule has 0 aliphatic heterocycles. The summed E-state index contributed by atoms with van der Waals surface area (Å²) in [5, 5.41) is 18.1. The van der Waals surface area contributed by atoms with E-state index < -0.39 is 5.63 Å². The summed E-state index contributed by atoms with van der Waals surface area (Å²) >= 11 is 0. The largest absolute Gasteiger partial charge is 0.508 e. The SMILES string of the molecule is O=c1oc2cc(O)ccc2cc1-c1nncn1-c1ccccc1. The van der Waals surface area contributed by atoms with Crippen LogP contribution in [0, 0.1) is 0 Å². The van der Waals surface area contributed by atoms with Crippen LogP contribution < -0.4 is 5.63 Å². The lowest BCUT2D eigenvalue weighted by Crippen LogP contribution is -2.07. The Bertz CT molecular complexity index is 1050. The summed E-state index contributed by atoms with van der Waals surface area (Å²) in [5.74, 6) is 0.445. The molecule has 0 unspecified atom stereocenters. The average molecular weight is 305 g/mol. The molecule has 23 heavy (non-hydrogen) atoms. The van der Waals surface area contributed by atoms with Crippen LogP contribution in [0.3, 0.4) is 0 Å². The highest BCUT2D eigenvalue weighted by Crippen LogP contribution is 2.24. The molecule has 4 rings (SSSR count). The Kier molecular flexibility index (Phi) is 2.94. The molecule has 0 aliphatic carbocycles. The van der Waals surface area contributed by atoms with Crippen molar-refractivity contribution >= 4 is 11.0 Å². The molecule has 0 bridgehead atoms. The van der Waals surface area contributed by atoms with Crippen LogP contribution in [0.4, 0.5) is 0 Å². The molecule has 0 saturated carbocycles. The predicted octanol–water partition coefficient (Wildman–Crippen LogP) is 2.75. The zero-order chi connectivity index (χ0) is 15.8. The van der Waals surface area contributed by atoms with E-state index in [1.54, 1.807) is 23.0 Å². The third-order valence-corrected chi connectivity index (χ3v) is 3.54. The van der Waals surface area contributed by atoms with E-state index in [0.29, 0.717) is 22.4 Å². The summed E-state index contributed by atoms with van der Waals surface area (Å²) in [6, 6.07) is 15.8. The molecule has 0 aliphatic rings. The lowest BCUT2D eigenvalue weighted by Gasteiger charge is -2.06. The van der Waals surface area contributed by atoms with Crippen LogP contribution in [0.5, 0.6) is 5.75 Å². The summed E-state index contributed by atoms with van der Waals surface area (Å²) in [6.45, 7) is 0. The highest BCUT2D eigenvalue weighted by Gasteiger charge is 2.15. The summed E-state index contributed by atoms with van der Waals surface area (Å²) in [5.41, 5.74) is 0.944. The van der Waals surface area contributed by atoms with E-state index in [9.17, 15) is 9.90 Å². The molecule has 2 heterocycles. The third-order valence-electron chi connectivity index (χ3n) is 3.54. The van der Waals surface area contributed by atoms with Gasteiger partial charge in [0.25, 0.3) is 0 Å². The molecule has 2 aromatic heterocycles. The number of para-hydroxylation sites is 1. The van der Waals surface area contributed by atoms with Crippen molar-refractivity contribution in [2.45, 2.75) is 0 Å². The molecule has 0 saturated heterocycles. The van der Waals surface area contributed by atoms with Gasteiger partial charge < -0.3 is 9.52 Å². The molecule has 0 fully saturated rings. The van der Waals surface area contributed by atoms with Crippen LogP contribution in [-0.4, -0.2) is 19.9 Å². The normalized spacial score (nSPS) is 11.0. The first kappa shape index (κ1) is 13.3. The monoisotopic (exact) mass is 305 g/mol. The number of phenolic OH excluding ortho intramolecular Hbond substituents is 1. The number of aromatic nitrogens is 3. The Morgan fingerprint density at radius 2 is 1.87 bits per heavy atom. The topological polar surface area (TPSA) is 81.2 Å². The fourth-order valence-electron chi connectivity index (χ4n) is 2.45. The molecule has 2 aromatic carbocycles. The van der Waals surface area contributed by atoms with Crippen molar-refractivity contribution in [1.82, 2.24) is 14.8 Å². The van der Waals surface area contributed by atoms with Crippen molar-refractivity contribution in [3.63, 3.8) is 0 Å². The van der Waals surface area contributed by atoms with Crippen molar-refractivity contribution in [2.75, 3.05) is 0 Å². The van der Waals surface area contributed by atoms with Gasteiger partial charge in [0, 0.05) is 17.1 Å². The molecule has 0 atom stereocenters. The van der Waals surface area contributed by atoms with E-state index in [1.165, 1.54) is 12.1 Å². The van der Waals surface area contributed by atoms with E-state index in [1.807, 2.05) is 30.3 Å². The van der Waals surface area contributed by atoms with Gasteiger partial charge in [0.15, 0.2) is 5.82 Å². The minimum Gasteiger partial charge on any atom is -0.508 e. The number of aromatic hydroxyl groups is 1. The Balaban J connectivity index is 1.94. The van der Waals surface area contributed by atoms with E-state index in [0.717, 1.165) is 5.69 Å². The first-order valence-electron chi connectivity index (χ1n) is 6.95. The van der Waals surface area contributed by atoms with Gasteiger partial charge >= 0.3 is 5.63 Å². The van der Waals surface area contributed by atoms with Crippen molar-refractivity contribution in [3.05, 3.63) is 71.3 Å². The minimum atomic E-state index is -0.534. The quantitative estimate of drug-likeness (QED) is 0.576. The lowest BCUT2D eigenvalue weighted by molar-refractivity contribution is 0.473. The van der Waals surface area contributed by atoms with Crippen molar-refractivity contribution in [1.29, 1.82) is 0 Å². The molecule has 0 amide bonds. The number of hydrogen-bond donors (Lipinski definition) is 1. The maximum Gasteiger partial charge on any atom is 0.347 e. The van der Waals surface area contributed by atoms with E-state index in [2.05, 4.69) is 10.2 Å². The van der Waals surface area contributed by atoms with Crippen LogP contribution in [0.1, 0.15) is 0 Å². The van der Waals surface area contributed by atoms with Crippen LogP contribution in [0.15, 0.2) is 70.1 Å². The number of nitrogens with zero attached hydrogens (tertiary/aromatic N) is 3. The summed E-state index contributed by atoms with van der Waals surface area (Å²) in [6.07, 6.45) is 1.55. The number of rotatable bonds is 2. The van der Waals surface area contributed by atoms with Gasteiger partial charge in [0.1, 0.15) is 23.2 Å². The second-order valence-corrected chi connectivity index (χ2v) is 5.03. The van der Waals surface area contributed by atoms with Gasteiger partial charge in [-0.2, -0.15) is 0 Å². The number of hydrogen-bond acceptors (Lipinski definition) is 5. The Morgan fingerprint density at radius 1 is 1.04 bits per heavy atom. The van der Waals surface area contributed by atoms with Crippen molar-refractivity contribution < 1.29 is 9.52 Å². The van der Waals surface area contributed by atoms with E-state index in [-0.39, 0.29) is 5.75 Å². The fraction of sp³-hybridized carbons (Fsp3) is 0. The maximum atomic E-state index is 12.3. The highest BCUT2D eigenvalue weighted by molar-refractivity contribution is 5.81. The van der Waals surface area contributed by atoms with Crippen LogP contribution in [-0.2, 0) is 0 Å². The van der Waals surface area contributed by atoms with Crippen LogP contribution in [0.25, 0.3) is 28.0 Å². The van der Waals surface area contributed by atoms with Crippen LogP contribution in [0.2, 0.25) is 0 Å². The van der Waals surface area contributed by atoms with Gasteiger partial charge in [-0.15, -0.1) is 10.2 Å². The van der Waals surface area contributed by atoms with Crippen molar-refractivity contribution in [2.24, 2.45) is 0 Å². The standard InChI is InChI=1S/C17H11N3O3/c21-13-7-6-11-8-14(17(22)23-15(11)9-13)16-19-18-10-20(16)12-4-2-1-3-5-12/h1-10,21H. The summed E-state index contributed by atoms with van der Waals surface area (Å²) in [7, 11) is 0. The van der Waals surface area contributed by atoms with Crippen molar-refractivity contribution in [3.8, 4) is 22.8 Å². The third kappa shape index (κ3) is 2.26. The molecule has 6 heteroatoms. The van der Waals surface area contributed by atoms with E-state index >= 15 is 0 Å². The Labute approximate surface area is 130 Å². The average Bonchev–Trinajstić information content (AvgIpc) is 3.04. The van der Waals surface area contributed by atoms with Crippen LogP contribution >= 0.6 is 0 Å². The Hall–Kier alpha value is -3.41. The number of fused-ring (bicyclic) bond motifs is 1. The van der Waals surface area contributed by atoms with Gasteiger partial charge in [-0.25, -0.2) is 4.79 Å². The molecule has 0 spiro atoms. The Morgan fingerprint density at radius 3 is 2.70 bits per heavy atom. The fourth-order valence-corrected chi connectivity index (χ4v) is 2.45. The van der Waals surface area contributed by atoms with Gasteiger partial charge in [-0.1, -0.05) is 18.2 Å². The highest BCUT2D eigenvalue weighted by atomic mass is 16.4. The summed E-state index contributed by atoms with van der Waals surface area (Å²) < 4.78 is 7.01. The lowest BCUT2D eigenvalue weighted by atomic mass is 10.1. The van der Waals surface area contributed by atoms with Gasteiger partial charge in [0.05, 0.1) is 0 Å². The first-order valence-corrected chi connectivity index (χ1v) is 6.95. The zero-order valence-corrected chi connectivity index (χ0v) is 11.9. The van der Waals surface area contributed by atoms with Gasteiger partial charge in [-0.05, 0) is 30.3 Å². The number of phenols is 1. The second kappa shape index (κ2) is 5.10. The van der Waals surface area contributed by atoms with Gasteiger partial charge in [0.2, 0.25) is 0 Å². The minimum absolute atomic E-state index is 0.0425. The molecule has 0 radical (unpaired) electrons. The molecular formula is C17H11N3O3. The first-order chi connectivity index (χ1) is 11.2. The summed E-state index contributed by atoms with van der Waals surface area (Å²) in [4.78, 5) is 12.3. The van der Waals surface area contributed by atoms with E-state index in [4.69, 9.17) is 4.42 Å². The molecule has 4 aromatic rings. The second-order valence-electron chi connectivity index (χ2n) is 5.03. The smallest absolute Gasteiger partial charge is 0.347 e. The molecule has 112 valence electrons. The molecular weight excluding hydrogens is 294 g/mol. The molecule has 1 N–H and O–H groups in total. The number of benzene rings is 2. The van der Waals surface area contributed by atoms with Gasteiger partial charge in [-0.3, -0.25) is 4.57 Å².